The van der Waals surface area contributed by atoms with Crippen molar-refractivity contribution in [2.75, 3.05) is 6.61 Å². The van der Waals surface area contributed by atoms with E-state index in [-0.39, 0.29) is 29.2 Å². The van der Waals surface area contributed by atoms with E-state index in [1.165, 1.54) is 60.7 Å². The molecule has 4 aromatic carbocycles. The minimum Gasteiger partial charge on any atom is -0.486 e. The molecule has 0 fully saturated rings. The molecule has 194 valence electrons. The molecule has 4 nitrogen and oxygen atoms in total. The molecule has 1 N–H and O–H groups in total. The Labute approximate surface area is 216 Å². The highest BCUT2D eigenvalue weighted by Crippen LogP contribution is 2.32. The van der Waals surface area contributed by atoms with E-state index in [0.29, 0.717) is 16.7 Å². The molecular weight excluding hydrogens is 500 g/mol. The number of hydrogen-bond donors (Lipinski definition) is 1. The van der Waals surface area contributed by atoms with Crippen LogP contribution in [0.15, 0.2) is 85.5 Å². The number of hydrogen-bond acceptors (Lipinski definition) is 4. The minimum atomic E-state index is -1.37. The van der Waals surface area contributed by atoms with Gasteiger partial charge in [0.15, 0.2) is 23.2 Å². The van der Waals surface area contributed by atoms with Gasteiger partial charge in [-0.05, 0) is 53.9 Å². The fraction of sp³-hybridized carbons (Fsp3) is 0.100. The molecule has 0 aliphatic rings. The predicted molar refractivity (Wildman–Crippen MR) is 135 cm³/mol. The first-order valence-corrected chi connectivity index (χ1v) is 11.5. The van der Waals surface area contributed by atoms with Gasteiger partial charge in [-0.2, -0.15) is 4.39 Å². The molecular formula is C30H22F4O4. The standard InChI is InChI=1S/C30H22F4O4/c1-3-16-37-25-15-14-23(27(32)29(25)34)20-8-10-21(11-9-20)38-30(36)24-13-12-22(26(31)28(24)33)19-6-4-18(5-7-19)17(2)35/h3-15,17,35H,1,16H2,2H3. The largest absolute Gasteiger partial charge is 0.486 e. The molecule has 0 saturated carbocycles. The van der Waals surface area contributed by atoms with Gasteiger partial charge >= 0.3 is 5.97 Å². The zero-order chi connectivity index (χ0) is 27.4. The van der Waals surface area contributed by atoms with Crippen molar-refractivity contribution in [1.82, 2.24) is 0 Å². The Kier molecular flexibility index (Phi) is 7.93. The Bertz CT molecular complexity index is 1480. The molecule has 1 atom stereocenters. The Morgan fingerprint density at radius 2 is 1.37 bits per heavy atom. The van der Waals surface area contributed by atoms with Gasteiger partial charge < -0.3 is 14.6 Å². The second-order valence-corrected chi connectivity index (χ2v) is 8.34. The van der Waals surface area contributed by atoms with Crippen LogP contribution in [0.25, 0.3) is 22.3 Å². The van der Waals surface area contributed by atoms with Gasteiger partial charge in [-0.25, -0.2) is 18.0 Å². The zero-order valence-electron chi connectivity index (χ0n) is 20.2. The van der Waals surface area contributed by atoms with Crippen molar-refractivity contribution >= 4 is 5.97 Å². The summed E-state index contributed by atoms with van der Waals surface area (Å²) in [4.78, 5) is 12.5. The number of ether oxygens (including phenoxy) is 2. The Morgan fingerprint density at radius 1 is 0.816 bits per heavy atom. The van der Waals surface area contributed by atoms with Crippen LogP contribution < -0.4 is 9.47 Å². The zero-order valence-corrected chi connectivity index (χ0v) is 20.2. The van der Waals surface area contributed by atoms with Crippen molar-refractivity contribution in [3.05, 3.63) is 120 Å². The van der Waals surface area contributed by atoms with Gasteiger partial charge in [0.25, 0.3) is 0 Å². The van der Waals surface area contributed by atoms with Crippen molar-refractivity contribution in [2.45, 2.75) is 13.0 Å². The van der Waals surface area contributed by atoms with Crippen LogP contribution in [-0.4, -0.2) is 17.7 Å². The van der Waals surface area contributed by atoms with Gasteiger partial charge in [0, 0.05) is 11.1 Å². The van der Waals surface area contributed by atoms with Crippen molar-refractivity contribution in [3.8, 4) is 33.8 Å². The van der Waals surface area contributed by atoms with Gasteiger partial charge in [-0.3, -0.25) is 0 Å². The first kappa shape index (κ1) is 26.6. The van der Waals surface area contributed by atoms with Crippen LogP contribution in [0.2, 0.25) is 0 Å². The molecule has 0 radical (unpaired) electrons. The maximum atomic E-state index is 14.8. The third-order valence-corrected chi connectivity index (χ3v) is 5.79. The molecule has 0 aliphatic heterocycles. The molecule has 1 unspecified atom stereocenters. The molecule has 0 amide bonds. The van der Waals surface area contributed by atoms with E-state index in [1.54, 1.807) is 19.1 Å². The van der Waals surface area contributed by atoms with E-state index < -0.39 is 40.9 Å². The first-order chi connectivity index (χ1) is 18.2. The minimum absolute atomic E-state index is 0.0110. The lowest BCUT2D eigenvalue weighted by molar-refractivity contribution is 0.0728. The van der Waals surface area contributed by atoms with Crippen LogP contribution in [0.4, 0.5) is 17.6 Å². The van der Waals surface area contributed by atoms with Gasteiger partial charge in [0.05, 0.1) is 11.7 Å². The molecule has 0 saturated heterocycles. The smallest absolute Gasteiger partial charge is 0.346 e. The SMILES string of the molecule is C=CCOc1ccc(-c2ccc(OC(=O)c3ccc(-c4ccc(C(C)O)cc4)c(F)c3F)cc2)c(F)c1F. The summed E-state index contributed by atoms with van der Waals surface area (Å²) < 4.78 is 68.6. The summed E-state index contributed by atoms with van der Waals surface area (Å²) in [6.45, 7) is 5.05. The van der Waals surface area contributed by atoms with Crippen LogP contribution in [0.1, 0.15) is 28.9 Å². The number of aliphatic hydroxyl groups is 1. The summed E-state index contributed by atoms with van der Waals surface area (Å²) in [5.41, 5.74) is 0.555. The Morgan fingerprint density at radius 3 is 1.95 bits per heavy atom. The van der Waals surface area contributed by atoms with Crippen molar-refractivity contribution in [1.29, 1.82) is 0 Å². The lowest BCUT2D eigenvalue weighted by Crippen LogP contribution is -2.12. The van der Waals surface area contributed by atoms with E-state index >= 15 is 0 Å². The number of carbonyl (C=O) groups excluding carboxylic acids is 1. The second-order valence-electron chi connectivity index (χ2n) is 8.34. The second kappa shape index (κ2) is 11.3. The summed E-state index contributed by atoms with van der Waals surface area (Å²) in [7, 11) is 0. The third-order valence-electron chi connectivity index (χ3n) is 5.79. The highest BCUT2D eigenvalue weighted by Gasteiger charge is 2.22. The molecule has 38 heavy (non-hydrogen) atoms. The van der Waals surface area contributed by atoms with Crippen LogP contribution in [0, 0.1) is 23.3 Å². The number of rotatable bonds is 8. The monoisotopic (exact) mass is 522 g/mol. The van der Waals surface area contributed by atoms with Crippen LogP contribution >= 0.6 is 0 Å². The number of halogens is 4. The fourth-order valence-corrected chi connectivity index (χ4v) is 3.75. The third kappa shape index (κ3) is 5.45. The van der Waals surface area contributed by atoms with E-state index in [9.17, 15) is 27.5 Å². The first-order valence-electron chi connectivity index (χ1n) is 11.5. The summed E-state index contributed by atoms with van der Waals surface area (Å²) >= 11 is 0. The van der Waals surface area contributed by atoms with E-state index in [4.69, 9.17) is 9.47 Å². The van der Waals surface area contributed by atoms with Gasteiger partial charge in [0.2, 0.25) is 5.82 Å². The molecule has 0 aromatic heterocycles. The van der Waals surface area contributed by atoms with Gasteiger partial charge in [-0.15, -0.1) is 0 Å². The van der Waals surface area contributed by atoms with E-state index in [2.05, 4.69) is 6.58 Å². The molecule has 0 heterocycles. The van der Waals surface area contributed by atoms with Crippen molar-refractivity contribution in [2.24, 2.45) is 0 Å². The molecule has 0 aliphatic carbocycles. The van der Waals surface area contributed by atoms with Crippen LogP contribution in [0.3, 0.4) is 0 Å². The quantitative estimate of drug-likeness (QED) is 0.113. The average molecular weight is 522 g/mol. The Balaban J connectivity index is 1.51. The highest BCUT2D eigenvalue weighted by atomic mass is 19.2. The van der Waals surface area contributed by atoms with Crippen molar-refractivity contribution in [3.63, 3.8) is 0 Å². The summed E-state index contributed by atoms with van der Waals surface area (Å²) in [6.07, 6.45) is 0.692. The van der Waals surface area contributed by atoms with Crippen molar-refractivity contribution < 1.29 is 36.9 Å². The van der Waals surface area contributed by atoms with Crippen LogP contribution in [-0.2, 0) is 0 Å². The van der Waals surface area contributed by atoms with Gasteiger partial charge in [-0.1, -0.05) is 55.1 Å². The van der Waals surface area contributed by atoms with E-state index in [1.807, 2.05) is 0 Å². The maximum absolute atomic E-state index is 14.8. The normalized spacial score (nSPS) is 11.6. The summed E-state index contributed by atoms with van der Waals surface area (Å²) in [5.74, 6) is -6.27. The lowest BCUT2D eigenvalue weighted by atomic mass is 10.00. The van der Waals surface area contributed by atoms with Crippen LogP contribution in [0.5, 0.6) is 11.5 Å². The Hall–Kier alpha value is -4.43. The van der Waals surface area contributed by atoms with E-state index in [0.717, 1.165) is 6.07 Å². The molecule has 4 rings (SSSR count). The lowest BCUT2D eigenvalue weighted by Gasteiger charge is -2.11. The predicted octanol–water partition coefficient (Wildman–Crippen LogP) is 7.41. The number of benzene rings is 4. The molecule has 0 spiro atoms. The molecule has 4 aromatic rings. The van der Waals surface area contributed by atoms with Gasteiger partial charge in [0.1, 0.15) is 12.4 Å². The fourth-order valence-electron chi connectivity index (χ4n) is 3.75. The summed E-state index contributed by atoms with van der Waals surface area (Å²) in [5, 5.41) is 9.61. The molecule has 8 heteroatoms. The highest BCUT2D eigenvalue weighted by molar-refractivity contribution is 5.92. The number of esters is 1. The number of carbonyl (C=O) groups is 1. The summed E-state index contributed by atoms with van der Waals surface area (Å²) in [6, 6.07) is 16.7. The topological polar surface area (TPSA) is 55.8 Å². The maximum Gasteiger partial charge on any atom is 0.346 e. The molecule has 0 bridgehead atoms. The number of aliphatic hydroxyl groups excluding tert-OH is 1. The average Bonchev–Trinajstić information content (AvgIpc) is 2.91.